The van der Waals surface area contributed by atoms with Crippen LogP contribution < -0.4 is 0 Å². The van der Waals surface area contributed by atoms with E-state index in [0.717, 1.165) is 12.8 Å². The lowest BCUT2D eigenvalue weighted by molar-refractivity contribution is -0.147. The van der Waals surface area contributed by atoms with Crippen molar-refractivity contribution in [2.45, 2.75) is 31.8 Å². The Morgan fingerprint density at radius 3 is 2.43 bits per heavy atom. The van der Waals surface area contributed by atoms with Crippen molar-refractivity contribution in [1.29, 1.82) is 0 Å². The smallest absolute Gasteiger partial charge is 0.410 e. The highest BCUT2D eigenvalue weighted by atomic mass is 16.6. The van der Waals surface area contributed by atoms with Crippen LogP contribution in [0.15, 0.2) is 12.2 Å². The molecule has 7 nitrogen and oxygen atoms in total. The molecule has 0 aliphatic carbocycles. The molecule has 1 heterocycles. The number of carboxylic acid groups (broad SMARTS) is 1. The molecule has 0 aromatic rings. The molecule has 1 aliphatic heterocycles. The Balaban J connectivity index is 2.41. The zero-order valence-corrected chi connectivity index (χ0v) is 12.4. The van der Waals surface area contributed by atoms with Crippen molar-refractivity contribution in [2.75, 3.05) is 27.2 Å². The van der Waals surface area contributed by atoms with E-state index in [2.05, 4.69) is 0 Å². The van der Waals surface area contributed by atoms with Crippen LogP contribution in [0.1, 0.15) is 25.7 Å². The Morgan fingerprint density at radius 2 is 1.90 bits per heavy atom. The number of allylic oxidation sites excluding steroid dienone is 1. The first-order chi connectivity index (χ1) is 9.91. The summed E-state index contributed by atoms with van der Waals surface area (Å²) in [5.74, 6) is -1.34. The van der Waals surface area contributed by atoms with Crippen molar-refractivity contribution in [2.24, 2.45) is 0 Å². The summed E-state index contributed by atoms with van der Waals surface area (Å²) in [6.07, 6.45) is 3.54. The largest absolute Gasteiger partial charge is 0.479 e. The number of hydrogen-bond donors (Lipinski definition) is 1. The van der Waals surface area contributed by atoms with Crippen LogP contribution in [-0.4, -0.2) is 66.2 Å². The van der Waals surface area contributed by atoms with E-state index in [0.29, 0.717) is 19.5 Å². The molecule has 0 spiro atoms. The van der Waals surface area contributed by atoms with Crippen LogP contribution in [0.2, 0.25) is 0 Å². The van der Waals surface area contributed by atoms with E-state index in [-0.39, 0.29) is 12.3 Å². The van der Waals surface area contributed by atoms with Crippen molar-refractivity contribution in [3.63, 3.8) is 0 Å². The lowest BCUT2D eigenvalue weighted by Crippen LogP contribution is -2.35. The van der Waals surface area contributed by atoms with Crippen molar-refractivity contribution in [1.82, 2.24) is 9.80 Å². The average Bonchev–Trinajstić information content (AvgIpc) is 2.95. The Bertz CT molecular complexity index is 414. The minimum Gasteiger partial charge on any atom is -0.479 e. The number of likely N-dealkylation sites (tertiary alicyclic amines) is 1. The lowest BCUT2D eigenvalue weighted by Gasteiger charge is -2.19. The van der Waals surface area contributed by atoms with Gasteiger partial charge in [-0.1, -0.05) is 6.08 Å². The Kier molecular flexibility index (Phi) is 6.71. The number of likely N-dealkylation sites (N-methyl/N-ethyl adjacent to an activating group) is 1. The zero-order valence-electron chi connectivity index (χ0n) is 12.4. The number of rotatable bonds is 6. The average molecular weight is 298 g/mol. The SMILES string of the molecule is CN(C)C(=O)/C=C/CC[C@H](OC(=O)N1CCCC1)C(=O)O. The van der Waals surface area contributed by atoms with Gasteiger partial charge < -0.3 is 19.6 Å². The Morgan fingerprint density at radius 1 is 1.29 bits per heavy atom. The Labute approximate surface area is 124 Å². The Hall–Kier alpha value is -2.05. The first kappa shape index (κ1) is 17.0. The van der Waals surface area contributed by atoms with Crippen molar-refractivity contribution in [3.8, 4) is 0 Å². The van der Waals surface area contributed by atoms with E-state index in [4.69, 9.17) is 9.84 Å². The van der Waals surface area contributed by atoms with Gasteiger partial charge in [0.25, 0.3) is 0 Å². The van der Waals surface area contributed by atoms with Gasteiger partial charge in [0, 0.05) is 27.2 Å². The number of carbonyl (C=O) groups is 3. The third-order valence-electron chi connectivity index (χ3n) is 3.18. The molecule has 21 heavy (non-hydrogen) atoms. The number of aliphatic carboxylic acids is 1. The second-order valence-corrected chi connectivity index (χ2v) is 5.12. The van der Waals surface area contributed by atoms with Crippen molar-refractivity contribution in [3.05, 3.63) is 12.2 Å². The molecular weight excluding hydrogens is 276 g/mol. The highest BCUT2D eigenvalue weighted by molar-refractivity contribution is 5.87. The van der Waals surface area contributed by atoms with Gasteiger partial charge in [-0.3, -0.25) is 4.79 Å². The van der Waals surface area contributed by atoms with Crippen LogP contribution in [0.25, 0.3) is 0 Å². The summed E-state index contributed by atoms with van der Waals surface area (Å²) in [5, 5.41) is 9.07. The van der Waals surface area contributed by atoms with E-state index < -0.39 is 18.2 Å². The summed E-state index contributed by atoms with van der Waals surface area (Å²) < 4.78 is 5.01. The fourth-order valence-electron chi connectivity index (χ4n) is 1.91. The quantitative estimate of drug-likeness (QED) is 0.742. The van der Waals surface area contributed by atoms with E-state index in [1.54, 1.807) is 20.2 Å². The summed E-state index contributed by atoms with van der Waals surface area (Å²) in [6.45, 7) is 1.23. The first-order valence-corrected chi connectivity index (χ1v) is 6.98. The minimum absolute atomic E-state index is 0.145. The summed E-state index contributed by atoms with van der Waals surface area (Å²) in [5.41, 5.74) is 0. The van der Waals surface area contributed by atoms with Gasteiger partial charge in [0.1, 0.15) is 0 Å². The molecule has 118 valence electrons. The number of ether oxygens (including phenoxy) is 1. The third kappa shape index (κ3) is 5.85. The fourth-order valence-corrected chi connectivity index (χ4v) is 1.91. The number of carbonyl (C=O) groups excluding carboxylic acids is 2. The maximum absolute atomic E-state index is 11.8. The zero-order chi connectivity index (χ0) is 15.8. The first-order valence-electron chi connectivity index (χ1n) is 6.98. The molecule has 1 atom stereocenters. The van der Waals surface area contributed by atoms with E-state index >= 15 is 0 Å². The second-order valence-electron chi connectivity index (χ2n) is 5.12. The van der Waals surface area contributed by atoms with Gasteiger partial charge in [0.2, 0.25) is 12.0 Å². The van der Waals surface area contributed by atoms with Gasteiger partial charge in [0.05, 0.1) is 0 Å². The van der Waals surface area contributed by atoms with Crippen LogP contribution in [0, 0.1) is 0 Å². The van der Waals surface area contributed by atoms with Gasteiger partial charge in [-0.25, -0.2) is 9.59 Å². The maximum atomic E-state index is 11.8. The third-order valence-corrected chi connectivity index (χ3v) is 3.18. The highest BCUT2D eigenvalue weighted by Gasteiger charge is 2.26. The molecule has 0 unspecified atom stereocenters. The standard InChI is InChI=1S/C14H22N2O5/c1-15(2)12(17)8-4-3-7-11(13(18)19)21-14(20)16-9-5-6-10-16/h4,8,11H,3,5-7,9-10H2,1-2H3,(H,18,19)/b8-4+/t11-/m0/s1. The predicted octanol–water partition coefficient (Wildman–Crippen LogP) is 1.10. The van der Waals surface area contributed by atoms with Crippen LogP contribution in [0.4, 0.5) is 4.79 Å². The molecular formula is C14H22N2O5. The van der Waals surface area contributed by atoms with E-state index in [9.17, 15) is 14.4 Å². The topological polar surface area (TPSA) is 87.2 Å². The van der Waals surface area contributed by atoms with Gasteiger partial charge in [0.15, 0.2) is 0 Å². The van der Waals surface area contributed by atoms with Crippen LogP contribution in [0.5, 0.6) is 0 Å². The normalized spacial score (nSPS) is 16.0. The molecule has 1 aliphatic rings. The van der Waals surface area contributed by atoms with Crippen molar-refractivity contribution >= 4 is 18.0 Å². The van der Waals surface area contributed by atoms with Crippen LogP contribution in [-0.2, 0) is 14.3 Å². The summed E-state index contributed by atoms with van der Waals surface area (Å²) in [7, 11) is 3.26. The molecule has 7 heteroatoms. The van der Waals surface area contributed by atoms with Gasteiger partial charge in [-0.05, 0) is 31.8 Å². The fraction of sp³-hybridized carbons (Fsp3) is 0.643. The number of nitrogens with zero attached hydrogens (tertiary/aromatic N) is 2. The molecule has 1 fully saturated rings. The van der Waals surface area contributed by atoms with E-state index in [1.807, 2.05) is 0 Å². The molecule has 1 rings (SSSR count). The molecule has 0 radical (unpaired) electrons. The molecule has 0 aromatic heterocycles. The second kappa shape index (κ2) is 8.28. The monoisotopic (exact) mass is 298 g/mol. The molecule has 1 N–H and O–H groups in total. The number of carboxylic acids is 1. The summed E-state index contributed by atoms with van der Waals surface area (Å²) >= 11 is 0. The van der Waals surface area contributed by atoms with Crippen molar-refractivity contribution < 1.29 is 24.2 Å². The molecule has 0 aromatic carbocycles. The van der Waals surface area contributed by atoms with E-state index in [1.165, 1.54) is 15.9 Å². The molecule has 2 amide bonds. The highest BCUT2D eigenvalue weighted by Crippen LogP contribution is 2.12. The summed E-state index contributed by atoms with van der Waals surface area (Å²) in [4.78, 5) is 37.1. The van der Waals surface area contributed by atoms with Gasteiger partial charge in [-0.15, -0.1) is 0 Å². The molecule has 1 saturated heterocycles. The summed E-state index contributed by atoms with van der Waals surface area (Å²) in [6, 6.07) is 0. The number of hydrogen-bond acceptors (Lipinski definition) is 4. The minimum atomic E-state index is -1.18. The number of amides is 2. The van der Waals surface area contributed by atoms with Crippen LogP contribution >= 0.6 is 0 Å². The lowest BCUT2D eigenvalue weighted by atomic mass is 10.2. The van der Waals surface area contributed by atoms with Crippen LogP contribution in [0.3, 0.4) is 0 Å². The predicted molar refractivity (Wildman–Crippen MR) is 75.8 cm³/mol. The van der Waals surface area contributed by atoms with Gasteiger partial charge >= 0.3 is 12.1 Å². The maximum Gasteiger partial charge on any atom is 0.410 e. The molecule has 0 bridgehead atoms. The van der Waals surface area contributed by atoms with Gasteiger partial charge in [-0.2, -0.15) is 0 Å². The molecule has 0 saturated carbocycles.